The van der Waals surface area contributed by atoms with Crippen LogP contribution >= 0.6 is 0 Å². The van der Waals surface area contributed by atoms with Crippen LogP contribution in [0.4, 0.5) is 23.2 Å². The molecule has 1 aromatic heterocycles. The van der Waals surface area contributed by atoms with Crippen LogP contribution in [0.1, 0.15) is 48.1 Å². The number of aromatic nitrogens is 2. The zero-order valence-electron chi connectivity index (χ0n) is 20.4. The molecule has 1 unspecified atom stereocenters. The third kappa shape index (κ3) is 6.01. The number of amides is 1. The number of H-pyrrole nitrogens is 1. The molecule has 2 N–H and O–H groups in total. The van der Waals surface area contributed by atoms with E-state index in [2.05, 4.69) is 15.3 Å². The fourth-order valence-corrected chi connectivity index (χ4v) is 3.93. The molecule has 1 aliphatic heterocycles. The first-order valence-corrected chi connectivity index (χ1v) is 11.6. The first kappa shape index (κ1) is 27.1. The Bertz CT molecular complexity index is 1310. The highest BCUT2D eigenvalue weighted by atomic mass is 19.4. The van der Waals surface area contributed by atoms with E-state index in [1.54, 1.807) is 4.90 Å². The Morgan fingerprint density at radius 2 is 1.97 bits per heavy atom. The number of benzene rings is 2. The molecule has 36 heavy (non-hydrogen) atoms. The fraction of sp³-hybridized carbons (Fsp3) is 0.400. The van der Waals surface area contributed by atoms with E-state index in [0.29, 0.717) is 19.7 Å². The van der Waals surface area contributed by atoms with E-state index in [1.165, 1.54) is 19.1 Å². The van der Waals surface area contributed by atoms with Crippen LogP contribution in [0, 0.1) is 12.7 Å². The van der Waals surface area contributed by atoms with Crippen LogP contribution in [0.3, 0.4) is 0 Å². The minimum absolute atomic E-state index is 0.00319. The summed E-state index contributed by atoms with van der Waals surface area (Å²) in [5.41, 5.74) is -1.80. The molecule has 1 atom stereocenters. The lowest BCUT2D eigenvalue weighted by Crippen LogP contribution is -2.44. The number of ether oxygens (including phenoxy) is 1. The Morgan fingerprint density at radius 3 is 2.61 bits per heavy atom. The quantitative estimate of drug-likeness (QED) is 0.490. The van der Waals surface area contributed by atoms with Gasteiger partial charge in [-0.25, -0.2) is 9.37 Å². The molecule has 0 saturated carbocycles. The molecule has 7 nitrogen and oxygen atoms in total. The van der Waals surface area contributed by atoms with Gasteiger partial charge in [-0.1, -0.05) is 13.8 Å². The molecule has 194 valence electrons. The summed E-state index contributed by atoms with van der Waals surface area (Å²) in [7, 11) is 0. The van der Waals surface area contributed by atoms with Crippen molar-refractivity contribution in [3.63, 3.8) is 0 Å². The van der Waals surface area contributed by atoms with Crippen molar-refractivity contribution in [3.05, 3.63) is 69.0 Å². The van der Waals surface area contributed by atoms with E-state index < -0.39 is 29.7 Å². The number of rotatable bonds is 4. The summed E-state index contributed by atoms with van der Waals surface area (Å²) in [6, 6.07) is 5.68. The number of alkyl halides is 3. The Kier molecular flexibility index (Phi) is 8.34. The minimum atomic E-state index is -4.70. The average molecular weight is 509 g/mol. The largest absolute Gasteiger partial charge is 0.416 e. The molecule has 3 aromatic rings. The number of morpholine rings is 1. The molecule has 11 heteroatoms. The predicted octanol–water partition coefficient (Wildman–Crippen LogP) is 4.89. The van der Waals surface area contributed by atoms with Crippen LogP contribution in [0.25, 0.3) is 10.9 Å². The second kappa shape index (κ2) is 11.1. The molecule has 2 heterocycles. The second-order valence-electron chi connectivity index (χ2n) is 8.16. The molecule has 0 radical (unpaired) electrons. The highest BCUT2D eigenvalue weighted by molar-refractivity contribution is 5.94. The highest BCUT2D eigenvalue weighted by Gasteiger charge is 2.34. The van der Waals surface area contributed by atoms with Gasteiger partial charge in [-0.05, 0) is 49.7 Å². The first-order chi connectivity index (χ1) is 17.0. The molecular formula is C25H28F4N4O3. The van der Waals surface area contributed by atoms with Gasteiger partial charge in [-0.15, -0.1) is 0 Å². The molecule has 1 amide bonds. The van der Waals surface area contributed by atoms with E-state index in [-0.39, 0.29) is 45.6 Å². The third-order valence-electron chi connectivity index (χ3n) is 5.57. The van der Waals surface area contributed by atoms with Crippen LogP contribution in [-0.2, 0) is 17.5 Å². The lowest BCUT2D eigenvalue weighted by atomic mass is 10.0. The zero-order chi connectivity index (χ0) is 26.6. The molecule has 4 rings (SSSR count). The van der Waals surface area contributed by atoms with Gasteiger partial charge in [0.1, 0.15) is 11.6 Å². The van der Waals surface area contributed by atoms with Crippen LogP contribution in [0.2, 0.25) is 0 Å². The zero-order valence-corrected chi connectivity index (χ0v) is 20.4. The number of aryl methyl sites for hydroxylation is 1. The molecule has 1 saturated heterocycles. The monoisotopic (exact) mass is 508 g/mol. The number of nitrogens with zero attached hydrogens (tertiary/aromatic N) is 2. The van der Waals surface area contributed by atoms with E-state index in [1.807, 2.05) is 20.8 Å². The van der Waals surface area contributed by atoms with Gasteiger partial charge >= 0.3 is 6.18 Å². The van der Waals surface area contributed by atoms with E-state index >= 15 is 0 Å². The van der Waals surface area contributed by atoms with Gasteiger partial charge < -0.3 is 19.9 Å². The predicted molar refractivity (Wildman–Crippen MR) is 128 cm³/mol. The van der Waals surface area contributed by atoms with Crippen molar-refractivity contribution in [2.75, 3.05) is 25.0 Å². The maximum atomic E-state index is 14.7. The Hall–Kier alpha value is -3.47. The van der Waals surface area contributed by atoms with Crippen molar-refractivity contribution in [1.82, 2.24) is 14.9 Å². The summed E-state index contributed by atoms with van der Waals surface area (Å²) < 4.78 is 61.1. The maximum absolute atomic E-state index is 14.7. The number of fused-ring (bicyclic) bond motifs is 1. The summed E-state index contributed by atoms with van der Waals surface area (Å²) in [6.45, 7) is 8.07. The summed E-state index contributed by atoms with van der Waals surface area (Å²) in [5, 5.41) is 2.63. The molecule has 1 fully saturated rings. The van der Waals surface area contributed by atoms with Gasteiger partial charge in [0.15, 0.2) is 0 Å². The lowest BCUT2D eigenvalue weighted by Gasteiger charge is -2.31. The van der Waals surface area contributed by atoms with Crippen molar-refractivity contribution >= 4 is 22.5 Å². The van der Waals surface area contributed by atoms with Crippen LogP contribution in [0.5, 0.6) is 0 Å². The minimum Gasteiger partial charge on any atom is -0.379 e. The van der Waals surface area contributed by atoms with E-state index in [0.717, 1.165) is 18.2 Å². The van der Waals surface area contributed by atoms with Crippen molar-refractivity contribution in [3.8, 4) is 0 Å². The number of nitrogens with one attached hydrogen (secondary N) is 2. The topological polar surface area (TPSA) is 87.3 Å². The normalized spacial score (nSPS) is 15.9. The van der Waals surface area contributed by atoms with Crippen molar-refractivity contribution in [1.29, 1.82) is 0 Å². The molecule has 0 aliphatic carbocycles. The van der Waals surface area contributed by atoms with Crippen molar-refractivity contribution < 1.29 is 27.1 Å². The highest BCUT2D eigenvalue weighted by Crippen LogP contribution is 2.34. The molecule has 2 aromatic carbocycles. The van der Waals surface area contributed by atoms with Crippen molar-refractivity contribution in [2.24, 2.45) is 0 Å². The van der Waals surface area contributed by atoms with Gasteiger partial charge in [0.25, 0.3) is 11.5 Å². The second-order valence-corrected chi connectivity index (χ2v) is 8.16. The Labute approximate surface area is 205 Å². The number of halogens is 4. The standard InChI is InChI=1S/C23H22F4N4O3.C2H6/c1-12-11-31(5-6-34-12)22(33)14-3-4-19(18(24)8-14)28-10-15-7-16-20(9-17(15)23(25,26)27)29-13(2)30-21(16)32;1-2/h3-4,7-9,12,28H,5-6,10-11H2,1-2H3,(H,29,30,32);1-2H3. The number of carbonyl (C=O) groups is 1. The first-order valence-electron chi connectivity index (χ1n) is 11.6. The molecule has 0 spiro atoms. The number of hydrogen-bond donors (Lipinski definition) is 2. The van der Waals surface area contributed by atoms with Gasteiger partial charge in [0.05, 0.1) is 34.9 Å². The Balaban J connectivity index is 0.00000176. The summed E-state index contributed by atoms with van der Waals surface area (Å²) in [5.74, 6) is -0.937. The summed E-state index contributed by atoms with van der Waals surface area (Å²) >= 11 is 0. The molecule has 1 aliphatic rings. The number of hydrogen-bond acceptors (Lipinski definition) is 5. The number of aromatic amines is 1. The van der Waals surface area contributed by atoms with Gasteiger partial charge in [-0.3, -0.25) is 9.59 Å². The summed E-state index contributed by atoms with van der Waals surface area (Å²) in [6.07, 6.45) is -4.83. The molecular weight excluding hydrogens is 480 g/mol. The van der Waals surface area contributed by atoms with E-state index in [9.17, 15) is 27.2 Å². The molecule has 0 bridgehead atoms. The number of carbonyl (C=O) groups excluding carboxylic acids is 1. The lowest BCUT2D eigenvalue weighted by molar-refractivity contribution is -0.138. The van der Waals surface area contributed by atoms with Crippen LogP contribution < -0.4 is 10.9 Å². The summed E-state index contributed by atoms with van der Waals surface area (Å²) in [4.78, 5) is 32.8. The number of anilines is 1. The average Bonchev–Trinajstić information content (AvgIpc) is 2.83. The van der Waals surface area contributed by atoms with Gasteiger partial charge in [0.2, 0.25) is 0 Å². The third-order valence-corrected chi connectivity index (χ3v) is 5.57. The smallest absolute Gasteiger partial charge is 0.379 e. The van der Waals surface area contributed by atoms with Gasteiger partial charge in [-0.2, -0.15) is 13.2 Å². The van der Waals surface area contributed by atoms with Gasteiger partial charge in [0, 0.05) is 25.2 Å². The van der Waals surface area contributed by atoms with Crippen LogP contribution in [-0.4, -0.2) is 46.6 Å². The fourth-order valence-electron chi connectivity index (χ4n) is 3.93. The van der Waals surface area contributed by atoms with Crippen LogP contribution in [0.15, 0.2) is 35.1 Å². The maximum Gasteiger partial charge on any atom is 0.416 e. The van der Waals surface area contributed by atoms with E-state index in [4.69, 9.17) is 4.74 Å². The SMILES string of the molecule is CC.Cc1nc2cc(C(F)(F)F)c(CNc3ccc(C(=O)N4CCOC(C)C4)cc3F)cc2c(=O)[nH]1. The Morgan fingerprint density at radius 1 is 1.25 bits per heavy atom. The van der Waals surface area contributed by atoms with Crippen molar-refractivity contribution in [2.45, 2.75) is 46.5 Å².